The zero-order valence-electron chi connectivity index (χ0n) is 9.90. The molecule has 0 bridgehead atoms. The van der Waals surface area contributed by atoms with Crippen molar-refractivity contribution >= 4 is 11.4 Å². The maximum absolute atomic E-state index is 12.9. The number of hydrogen-bond acceptors (Lipinski definition) is 2. The van der Waals surface area contributed by atoms with Crippen LogP contribution in [0.25, 0.3) is 0 Å². The zero-order chi connectivity index (χ0) is 12.8. The first-order valence-electron chi connectivity index (χ1n) is 6.23. The summed E-state index contributed by atoms with van der Waals surface area (Å²) in [5.74, 6) is 0. The fourth-order valence-electron chi connectivity index (χ4n) is 3.02. The smallest absolute Gasteiger partial charge is 0.381 e. The van der Waals surface area contributed by atoms with Gasteiger partial charge in [-0.1, -0.05) is 18.9 Å². The molecule has 18 heavy (non-hydrogen) atoms. The highest BCUT2D eigenvalue weighted by atomic mass is 19.4. The Labute approximate surface area is 104 Å². The molecule has 1 heterocycles. The third-order valence-electron chi connectivity index (χ3n) is 3.93. The summed E-state index contributed by atoms with van der Waals surface area (Å²) in [4.78, 5) is 0. The molecule has 2 nitrogen and oxygen atoms in total. The Hall–Kier alpha value is -1.39. The Bertz CT molecular complexity index is 462. The number of hydrogen-bond donors (Lipinski definition) is 2. The van der Waals surface area contributed by atoms with Crippen molar-refractivity contribution < 1.29 is 13.2 Å². The number of fused-ring (bicyclic) bond motifs is 1. The normalized spacial score (nSPS) is 21.3. The summed E-state index contributed by atoms with van der Waals surface area (Å²) in [5, 5.41) is 6.31. The molecule has 3 rings (SSSR count). The van der Waals surface area contributed by atoms with Crippen molar-refractivity contribution in [3.05, 3.63) is 23.8 Å². The average molecular weight is 256 g/mol. The molecule has 0 unspecified atom stereocenters. The molecule has 1 spiro atoms. The van der Waals surface area contributed by atoms with Gasteiger partial charge in [-0.3, -0.25) is 0 Å². The summed E-state index contributed by atoms with van der Waals surface area (Å²) in [7, 11) is 0. The van der Waals surface area contributed by atoms with E-state index < -0.39 is 11.7 Å². The van der Waals surface area contributed by atoms with Crippen LogP contribution in [0.4, 0.5) is 24.5 Å². The van der Waals surface area contributed by atoms with Gasteiger partial charge in [-0.05, 0) is 25.0 Å². The average Bonchev–Trinajstić information content (AvgIpc) is 2.75. The van der Waals surface area contributed by atoms with Crippen LogP contribution in [-0.4, -0.2) is 12.1 Å². The van der Waals surface area contributed by atoms with E-state index in [1.165, 1.54) is 6.07 Å². The molecule has 1 fully saturated rings. The summed E-state index contributed by atoms with van der Waals surface area (Å²) in [5.41, 5.74) is 0.151. The minimum Gasteiger partial charge on any atom is -0.381 e. The predicted molar refractivity (Wildman–Crippen MR) is 64.8 cm³/mol. The highest BCUT2D eigenvalue weighted by Crippen LogP contribution is 2.44. The van der Waals surface area contributed by atoms with Gasteiger partial charge in [0.25, 0.3) is 0 Å². The van der Waals surface area contributed by atoms with Gasteiger partial charge in [0.05, 0.1) is 22.5 Å². The molecule has 2 aliphatic rings. The molecule has 1 saturated carbocycles. The lowest BCUT2D eigenvalue weighted by Crippen LogP contribution is -2.45. The zero-order valence-corrected chi connectivity index (χ0v) is 9.90. The molecular formula is C13H15F3N2. The summed E-state index contributed by atoms with van der Waals surface area (Å²) in [6, 6.07) is 4.31. The lowest BCUT2D eigenvalue weighted by molar-refractivity contribution is -0.136. The second-order valence-electron chi connectivity index (χ2n) is 5.19. The van der Waals surface area contributed by atoms with Gasteiger partial charge >= 0.3 is 6.18 Å². The lowest BCUT2D eigenvalue weighted by atomic mass is 9.93. The Morgan fingerprint density at radius 3 is 2.50 bits per heavy atom. The van der Waals surface area contributed by atoms with Gasteiger partial charge < -0.3 is 10.6 Å². The Kier molecular flexibility index (Phi) is 2.47. The monoisotopic (exact) mass is 256 g/mol. The van der Waals surface area contributed by atoms with Gasteiger partial charge in [0.2, 0.25) is 0 Å². The first-order valence-corrected chi connectivity index (χ1v) is 6.23. The summed E-state index contributed by atoms with van der Waals surface area (Å²) < 4.78 is 38.6. The first-order chi connectivity index (χ1) is 8.50. The fourth-order valence-corrected chi connectivity index (χ4v) is 3.02. The van der Waals surface area contributed by atoms with Crippen LogP contribution in [0.1, 0.15) is 31.2 Å². The Morgan fingerprint density at radius 1 is 1.11 bits per heavy atom. The van der Waals surface area contributed by atoms with E-state index in [2.05, 4.69) is 10.6 Å². The number of halogens is 3. The van der Waals surface area contributed by atoms with Gasteiger partial charge in [0, 0.05) is 6.54 Å². The van der Waals surface area contributed by atoms with Crippen LogP contribution in [0.2, 0.25) is 0 Å². The number of para-hydroxylation sites is 1. The SMILES string of the molecule is FC(F)(F)c1cccc2c1NCC1(CCCC1)N2. The van der Waals surface area contributed by atoms with Crippen molar-refractivity contribution in [1.29, 1.82) is 0 Å². The largest absolute Gasteiger partial charge is 0.418 e. The molecule has 0 amide bonds. The molecule has 0 aromatic heterocycles. The standard InChI is InChI=1S/C13H15F3N2/c14-13(15,16)9-4-3-5-10-11(9)17-8-12(18-10)6-1-2-7-12/h3-5,17-18H,1-2,6-8H2. The number of anilines is 2. The van der Waals surface area contributed by atoms with Crippen molar-refractivity contribution in [2.24, 2.45) is 0 Å². The van der Waals surface area contributed by atoms with E-state index in [9.17, 15) is 13.2 Å². The van der Waals surface area contributed by atoms with Crippen LogP contribution in [0.5, 0.6) is 0 Å². The van der Waals surface area contributed by atoms with E-state index in [1.807, 2.05) is 0 Å². The van der Waals surface area contributed by atoms with Gasteiger partial charge in [-0.15, -0.1) is 0 Å². The third-order valence-corrected chi connectivity index (χ3v) is 3.93. The van der Waals surface area contributed by atoms with E-state index >= 15 is 0 Å². The molecule has 0 atom stereocenters. The fraction of sp³-hybridized carbons (Fsp3) is 0.538. The number of nitrogens with one attached hydrogen (secondary N) is 2. The molecule has 1 aliphatic carbocycles. The molecule has 1 aromatic rings. The molecule has 1 aliphatic heterocycles. The van der Waals surface area contributed by atoms with Crippen molar-refractivity contribution in [3.63, 3.8) is 0 Å². The van der Waals surface area contributed by atoms with E-state index in [0.717, 1.165) is 31.7 Å². The van der Waals surface area contributed by atoms with E-state index in [0.29, 0.717) is 12.2 Å². The Balaban J connectivity index is 1.98. The molecule has 5 heteroatoms. The van der Waals surface area contributed by atoms with Gasteiger partial charge in [-0.25, -0.2) is 0 Å². The predicted octanol–water partition coefficient (Wildman–Crippen LogP) is 3.86. The number of rotatable bonds is 0. The minimum atomic E-state index is -4.31. The second kappa shape index (κ2) is 3.80. The van der Waals surface area contributed by atoms with Crippen LogP contribution in [0.15, 0.2) is 18.2 Å². The van der Waals surface area contributed by atoms with E-state index in [1.54, 1.807) is 6.07 Å². The van der Waals surface area contributed by atoms with Crippen LogP contribution in [-0.2, 0) is 6.18 Å². The van der Waals surface area contributed by atoms with Crippen LogP contribution >= 0.6 is 0 Å². The second-order valence-corrected chi connectivity index (χ2v) is 5.19. The van der Waals surface area contributed by atoms with E-state index in [-0.39, 0.29) is 11.2 Å². The van der Waals surface area contributed by atoms with Gasteiger partial charge in [0.15, 0.2) is 0 Å². The quantitative estimate of drug-likeness (QED) is 0.736. The molecular weight excluding hydrogens is 241 g/mol. The van der Waals surface area contributed by atoms with Crippen molar-refractivity contribution in [3.8, 4) is 0 Å². The van der Waals surface area contributed by atoms with Crippen molar-refractivity contribution in [2.75, 3.05) is 17.2 Å². The van der Waals surface area contributed by atoms with Crippen molar-refractivity contribution in [1.82, 2.24) is 0 Å². The van der Waals surface area contributed by atoms with Gasteiger partial charge in [0.1, 0.15) is 0 Å². The molecule has 0 saturated heterocycles. The highest BCUT2D eigenvalue weighted by Gasteiger charge is 2.40. The third kappa shape index (κ3) is 1.82. The number of alkyl halides is 3. The lowest BCUT2D eigenvalue weighted by Gasteiger charge is -2.38. The molecule has 2 N–H and O–H groups in total. The highest BCUT2D eigenvalue weighted by molar-refractivity contribution is 5.76. The van der Waals surface area contributed by atoms with Crippen molar-refractivity contribution in [2.45, 2.75) is 37.4 Å². The Morgan fingerprint density at radius 2 is 1.83 bits per heavy atom. The van der Waals surface area contributed by atoms with Gasteiger partial charge in [-0.2, -0.15) is 13.2 Å². The van der Waals surface area contributed by atoms with Crippen LogP contribution in [0, 0.1) is 0 Å². The van der Waals surface area contributed by atoms with Crippen LogP contribution in [0.3, 0.4) is 0 Å². The summed E-state index contributed by atoms with van der Waals surface area (Å²) >= 11 is 0. The minimum absolute atomic E-state index is 0.0444. The first kappa shape index (κ1) is 11.7. The van der Waals surface area contributed by atoms with Crippen LogP contribution < -0.4 is 10.6 Å². The molecule has 98 valence electrons. The van der Waals surface area contributed by atoms with E-state index in [4.69, 9.17) is 0 Å². The topological polar surface area (TPSA) is 24.1 Å². The molecule has 0 radical (unpaired) electrons. The maximum atomic E-state index is 12.9. The number of benzene rings is 1. The molecule has 1 aromatic carbocycles. The maximum Gasteiger partial charge on any atom is 0.418 e. The summed E-state index contributed by atoms with van der Waals surface area (Å²) in [6.07, 6.45) is 0.0253. The summed E-state index contributed by atoms with van der Waals surface area (Å²) in [6.45, 7) is 0.576.